The van der Waals surface area contributed by atoms with Crippen LogP contribution in [0.2, 0.25) is 0 Å². The Labute approximate surface area is 178 Å². The lowest BCUT2D eigenvalue weighted by Gasteiger charge is -2.36. The number of hydrogen-bond acceptors (Lipinski definition) is 4. The van der Waals surface area contributed by atoms with E-state index >= 15 is 0 Å². The van der Waals surface area contributed by atoms with E-state index in [1.165, 1.54) is 4.31 Å². The highest BCUT2D eigenvalue weighted by atomic mass is 32.2. The van der Waals surface area contributed by atoms with Crippen molar-refractivity contribution in [3.8, 4) is 5.75 Å². The maximum absolute atomic E-state index is 12.9. The largest absolute Gasteiger partial charge is 0.483 e. The summed E-state index contributed by atoms with van der Waals surface area (Å²) in [5, 5.41) is 2.04. The molecular weight excluding hydrogens is 402 g/mol. The van der Waals surface area contributed by atoms with Gasteiger partial charge in [0.1, 0.15) is 5.75 Å². The molecule has 30 heavy (non-hydrogen) atoms. The van der Waals surface area contributed by atoms with Crippen LogP contribution >= 0.6 is 0 Å². The fourth-order valence-electron chi connectivity index (χ4n) is 4.16. The first-order valence-electron chi connectivity index (χ1n) is 10.7. The molecule has 2 aromatic carbocycles. The van der Waals surface area contributed by atoms with Crippen molar-refractivity contribution in [1.82, 2.24) is 13.5 Å². The lowest BCUT2D eigenvalue weighted by molar-refractivity contribution is -0.134. The van der Waals surface area contributed by atoms with Gasteiger partial charge in [-0.15, -0.1) is 0 Å². The Morgan fingerprint density at radius 1 is 0.800 bits per heavy atom. The van der Waals surface area contributed by atoms with E-state index in [4.69, 9.17) is 4.74 Å². The zero-order chi connectivity index (χ0) is 21.0. The van der Waals surface area contributed by atoms with Gasteiger partial charge in [0.2, 0.25) is 0 Å². The van der Waals surface area contributed by atoms with Crippen LogP contribution in [-0.4, -0.2) is 73.7 Å². The van der Waals surface area contributed by atoms with Gasteiger partial charge in [0.25, 0.3) is 16.1 Å². The van der Waals surface area contributed by atoms with Crippen molar-refractivity contribution in [2.45, 2.75) is 25.7 Å². The van der Waals surface area contributed by atoms with Gasteiger partial charge >= 0.3 is 0 Å². The normalized spacial score (nSPS) is 19.5. The Hall–Kier alpha value is -2.16. The van der Waals surface area contributed by atoms with Gasteiger partial charge in [-0.3, -0.25) is 4.79 Å². The topological polar surface area (TPSA) is 70.2 Å². The number of hydrogen-bond donors (Lipinski definition) is 0. The van der Waals surface area contributed by atoms with Crippen molar-refractivity contribution >= 4 is 26.9 Å². The second kappa shape index (κ2) is 9.32. The molecule has 2 aliphatic heterocycles. The van der Waals surface area contributed by atoms with Crippen LogP contribution in [0.5, 0.6) is 5.75 Å². The zero-order valence-electron chi connectivity index (χ0n) is 17.2. The maximum atomic E-state index is 12.9. The quantitative estimate of drug-likeness (QED) is 0.729. The molecule has 0 spiro atoms. The van der Waals surface area contributed by atoms with Crippen LogP contribution in [0.15, 0.2) is 42.5 Å². The SMILES string of the molecule is O=C(COc1cccc2ccccc12)N1CCN(S(=O)(=O)N2CCCCCC2)CC1. The van der Waals surface area contributed by atoms with E-state index in [-0.39, 0.29) is 12.5 Å². The molecular formula is C22H29N3O4S. The summed E-state index contributed by atoms with van der Waals surface area (Å²) in [6.45, 7) is 2.60. The van der Waals surface area contributed by atoms with Crippen molar-refractivity contribution in [2.24, 2.45) is 0 Å². The number of fused-ring (bicyclic) bond motifs is 1. The van der Waals surface area contributed by atoms with Gasteiger partial charge in [-0.05, 0) is 24.3 Å². The van der Waals surface area contributed by atoms with E-state index in [1.54, 1.807) is 9.21 Å². The monoisotopic (exact) mass is 431 g/mol. The molecule has 162 valence electrons. The Bertz CT molecular complexity index is 974. The second-order valence-electron chi connectivity index (χ2n) is 7.87. The predicted octanol–water partition coefficient (Wildman–Crippen LogP) is 2.48. The van der Waals surface area contributed by atoms with Crippen molar-refractivity contribution < 1.29 is 17.9 Å². The van der Waals surface area contributed by atoms with Gasteiger partial charge in [-0.2, -0.15) is 17.0 Å². The molecule has 0 unspecified atom stereocenters. The molecule has 0 aliphatic carbocycles. The number of carbonyl (C=O) groups is 1. The van der Waals surface area contributed by atoms with Gasteiger partial charge in [-0.25, -0.2) is 0 Å². The van der Waals surface area contributed by atoms with E-state index in [0.717, 1.165) is 36.5 Å². The fraction of sp³-hybridized carbons (Fsp3) is 0.500. The third kappa shape index (κ3) is 4.61. The molecule has 0 saturated carbocycles. The van der Waals surface area contributed by atoms with Crippen LogP contribution in [0, 0.1) is 0 Å². The van der Waals surface area contributed by atoms with Crippen LogP contribution in [0.3, 0.4) is 0 Å². The molecule has 0 aromatic heterocycles. The molecule has 0 radical (unpaired) electrons. The van der Waals surface area contributed by atoms with E-state index < -0.39 is 10.2 Å². The third-order valence-corrected chi connectivity index (χ3v) is 7.95. The average molecular weight is 432 g/mol. The molecule has 2 fully saturated rings. The maximum Gasteiger partial charge on any atom is 0.282 e. The molecule has 7 nitrogen and oxygen atoms in total. The Morgan fingerprint density at radius 2 is 1.43 bits per heavy atom. The van der Waals surface area contributed by atoms with E-state index in [1.807, 2.05) is 42.5 Å². The zero-order valence-corrected chi connectivity index (χ0v) is 18.0. The minimum absolute atomic E-state index is 0.0487. The molecule has 8 heteroatoms. The third-order valence-electron chi connectivity index (χ3n) is 5.91. The lowest BCUT2D eigenvalue weighted by atomic mass is 10.1. The molecule has 0 atom stereocenters. The van der Waals surface area contributed by atoms with Crippen LogP contribution in [-0.2, 0) is 15.0 Å². The van der Waals surface area contributed by atoms with Crippen LogP contribution < -0.4 is 4.74 Å². The molecule has 0 bridgehead atoms. The lowest BCUT2D eigenvalue weighted by Crippen LogP contribution is -2.55. The summed E-state index contributed by atoms with van der Waals surface area (Å²) in [4.78, 5) is 14.3. The van der Waals surface area contributed by atoms with Crippen molar-refractivity contribution in [2.75, 3.05) is 45.9 Å². The molecule has 4 rings (SSSR count). The first kappa shape index (κ1) is 21.1. The number of ether oxygens (including phenoxy) is 1. The van der Waals surface area contributed by atoms with Gasteiger partial charge in [0.15, 0.2) is 6.61 Å². The van der Waals surface area contributed by atoms with Crippen molar-refractivity contribution in [3.63, 3.8) is 0 Å². The summed E-state index contributed by atoms with van der Waals surface area (Å²) in [6, 6.07) is 13.7. The summed E-state index contributed by atoms with van der Waals surface area (Å²) in [6.07, 6.45) is 4.02. The molecule has 0 N–H and O–H groups in total. The Kier molecular flexibility index (Phi) is 6.55. The van der Waals surface area contributed by atoms with Crippen LogP contribution in [0.4, 0.5) is 0 Å². The number of benzene rings is 2. The fourth-order valence-corrected chi connectivity index (χ4v) is 5.83. The first-order valence-corrected chi connectivity index (χ1v) is 12.1. The second-order valence-corrected chi connectivity index (χ2v) is 9.80. The van der Waals surface area contributed by atoms with Crippen LogP contribution in [0.25, 0.3) is 10.8 Å². The minimum atomic E-state index is -3.44. The van der Waals surface area contributed by atoms with E-state index in [2.05, 4.69) is 0 Å². The summed E-state index contributed by atoms with van der Waals surface area (Å²) in [5.41, 5.74) is 0. The van der Waals surface area contributed by atoms with Gasteiger partial charge in [0, 0.05) is 44.7 Å². The number of rotatable bonds is 5. The predicted molar refractivity (Wildman–Crippen MR) is 117 cm³/mol. The Morgan fingerprint density at radius 3 is 2.17 bits per heavy atom. The smallest absolute Gasteiger partial charge is 0.282 e. The summed E-state index contributed by atoms with van der Waals surface area (Å²) in [7, 11) is -3.44. The van der Waals surface area contributed by atoms with Gasteiger partial charge in [0.05, 0.1) is 0 Å². The molecule has 2 heterocycles. The summed E-state index contributed by atoms with van der Waals surface area (Å²) < 4.78 is 34.8. The highest BCUT2D eigenvalue weighted by Crippen LogP contribution is 2.25. The summed E-state index contributed by atoms with van der Waals surface area (Å²) in [5.74, 6) is 0.568. The van der Waals surface area contributed by atoms with E-state index in [9.17, 15) is 13.2 Å². The molecule has 2 aromatic rings. The van der Waals surface area contributed by atoms with Gasteiger partial charge < -0.3 is 9.64 Å². The van der Waals surface area contributed by atoms with Crippen LogP contribution in [0.1, 0.15) is 25.7 Å². The van der Waals surface area contributed by atoms with Gasteiger partial charge in [-0.1, -0.05) is 49.2 Å². The summed E-state index contributed by atoms with van der Waals surface area (Å²) >= 11 is 0. The molecule has 2 aliphatic rings. The van der Waals surface area contributed by atoms with Crippen molar-refractivity contribution in [3.05, 3.63) is 42.5 Å². The Balaban J connectivity index is 1.32. The number of carbonyl (C=O) groups excluding carboxylic acids is 1. The number of piperazine rings is 1. The van der Waals surface area contributed by atoms with E-state index in [0.29, 0.717) is 45.0 Å². The number of amides is 1. The standard InChI is InChI=1S/C22H29N3O4S/c26-22(18-29-21-11-7-9-19-8-3-4-10-20(19)21)23-14-16-25(17-15-23)30(27,28)24-12-5-1-2-6-13-24/h3-4,7-11H,1-2,5-6,12-18H2. The van der Waals surface area contributed by atoms with Crippen molar-refractivity contribution in [1.29, 1.82) is 0 Å². The molecule has 1 amide bonds. The minimum Gasteiger partial charge on any atom is -0.483 e. The molecule has 2 saturated heterocycles. The number of nitrogens with zero attached hydrogens (tertiary/aromatic N) is 3. The highest BCUT2D eigenvalue weighted by Gasteiger charge is 2.33. The highest BCUT2D eigenvalue weighted by molar-refractivity contribution is 7.86. The first-order chi connectivity index (χ1) is 14.6. The average Bonchev–Trinajstić information content (AvgIpc) is 3.08.